The fourth-order valence-electron chi connectivity index (χ4n) is 3.51. The van der Waals surface area contributed by atoms with Crippen molar-refractivity contribution >= 4 is 0 Å². The molecule has 66 heavy (non-hydrogen) atoms. The topological polar surface area (TPSA) is 0 Å². The SMILES string of the molecule is CC(C)C(C)C.CCC(C)(C)C.CCC(C)(C)C.CCC(C)CC.CCCC(C(F)(F)F)C(F)(F)F.CCCCCCC(F)(F)F.CCCC[C@H](C)C(F)(F)F.CCC[C@H](C)CC(F)(F)F. The molecule has 412 valence electrons. The average Bonchev–Trinajstić information content (AvgIpc) is 3.13. The highest BCUT2D eigenvalue weighted by atomic mass is 19.4. The van der Waals surface area contributed by atoms with Crippen LogP contribution in [0, 0.1) is 46.3 Å². The molecule has 0 bridgehead atoms. The summed E-state index contributed by atoms with van der Waals surface area (Å²) in [6.07, 6.45) is -13.2. The van der Waals surface area contributed by atoms with Gasteiger partial charge in [0, 0.05) is 12.8 Å². The van der Waals surface area contributed by atoms with Gasteiger partial charge in [0.1, 0.15) is 0 Å². The third kappa shape index (κ3) is 86.2. The van der Waals surface area contributed by atoms with E-state index in [1.807, 2.05) is 20.8 Å². The Labute approximate surface area is 397 Å². The highest BCUT2D eigenvalue weighted by Crippen LogP contribution is 2.41. The molecule has 0 aromatic heterocycles. The van der Waals surface area contributed by atoms with Crippen LogP contribution in [0.1, 0.15) is 255 Å². The van der Waals surface area contributed by atoms with Gasteiger partial charge in [-0.1, -0.05) is 222 Å². The van der Waals surface area contributed by atoms with Crippen molar-refractivity contribution in [1.29, 1.82) is 0 Å². The molecule has 0 aliphatic carbocycles. The van der Waals surface area contributed by atoms with Crippen molar-refractivity contribution in [2.45, 2.75) is 285 Å². The summed E-state index contributed by atoms with van der Waals surface area (Å²) in [5.41, 5.74) is 1.08. The van der Waals surface area contributed by atoms with Gasteiger partial charge in [-0.25, -0.2) is 0 Å². The Morgan fingerprint density at radius 3 is 0.848 bits per heavy atom. The van der Waals surface area contributed by atoms with E-state index in [9.17, 15) is 65.9 Å². The Kier molecular flexibility index (Phi) is 54.5. The fourth-order valence-corrected chi connectivity index (χ4v) is 3.51. The van der Waals surface area contributed by atoms with Crippen LogP contribution >= 0.6 is 0 Å². The van der Waals surface area contributed by atoms with Crippen LogP contribution in [0.25, 0.3) is 0 Å². The minimum atomic E-state index is -5.17. The van der Waals surface area contributed by atoms with E-state index in [0.717, 1.165) is 43.4 Å². The van der Waals surface area contributed by atoms with Gasteiger partial charge in [0.05, 0.1) is 5.92 Å². The number of halogens is 15. The van der Waals surface area contributed by atoms with Gasteiger partial charge in [0.25, 0.3) is 0 Å². The van der Waals surface area contributed by atoms with Crippen LogP contribution in [-0.4, -0.2) is 30.9 Å². The standard InChI is InChI=1S/3C7H13F3.C6H8F6.4C6H14/c1-3-4-6(2)5-7(8,9)10;1-3-4-5-6(2)7(8,9)10;1-2-3-4-5-6-7(8,9)10;1-2-3-4(5(7,8)9)6(10,11)12;2*1-5-6(2,3)4;1-5(2)6(3)4;1-4-6(3)5-2/h2*6H,3-5H2,1-2H3;2-6H2,1H3;4H,2-3H2,1H3;2*5H2,1-4H3;5-6H,1-4H3;6H,4-5H2,1-3H3/t2*6-;;;;;;/m00....../s1. The van der Waals surface area contributed by atoms with Crippen LogP contribution < -0.4 is 0 Å². The Morgan fingerprint density at radius 2 is 0.682 bits per heavy atom. The van der Waals surface area contributed by atoms with E-state index in [2.05, 4.69) is 104 Å². The van der Waals surface area contributed by atoms with Gasteiger partial charge in [-0.05, 0) is 53.8 Å². The summed E-state index contributed by atoms with van der Waals surface area (Å²) in [5, 5.41) is 0. The monoisotopic (exact) mass is 1000 g/mol. The molecule has 2 atom stereocenters. The minimum absolute atomic E-state index is 0.135. The van der Waals surface area contributed by atoms with E-state index in [4.69, 9.17) is 0 Å². The van der Waals surface area contributed by atoms with Crippen molar-refractivity contribution in [3.05, 3.63) is 0 Å². The molecule has 0 N–H and O–H groups in total. The molecule has 0 nitrogen and oxygen atoms in total. The van der Waals surface area contributed by atoms with Gasteiger partial charge in [-0.2, -0.15) is 65.9 Å². The maximum Gasteiger partial charge on any atom is 0.400 e. The van der Waals surface area contributed by atoms with Crippen molar-refractivity contribution in [1.82, 2.24) is 0 Å². The van der Waals surface area contributed by atoms with Crippen molar-refractivity contribution in [3.8, 4) is 0 Å². The van der Waals surface area contributed by atoms with Gasteiger partial charge in [-0.15, -0.1) is 0 Å². The molecule has 0 fully saturated rings. The molecule has 0 aliphatic heterocycles. The lowest BCUT2D eigenvalue weighted by molar-refractivity contribution is -0.285. The quantitative estimate of drug-likeness (QED) is 0.113. The lowest BCUT2D eigenvalue weighted by Gasteiger charge is -2.21. The van der Waals surface area contributed by atoms with Gasteiger partial charge < -0.3 is 0 Å². The molecule has 0 spiro atoms. The first-order chi connectivity index (χ1) is 29.3. The summed E-state index contributed by atoms with van der Waals surface area (Å²) in [6.45, 7) is 43.5. The zero-order valence-electron chi connectivity index (χ0n) is 45.7. The maximum atomic E-state index is 11.8. The van der Waals surface area contributed by atoms with E-state index < -0.39 is 62.0 Å². The largest absolute Gasteiger partial charge is 0.400 e. The fraction of sp³-hybridized carbons (Fsp3) is 1.00. The first-order valence-corrected chi connectivity index (χ1v) is 24.6. The molecule has 0 aliphatic rings. The number of rotatable bonds is 15. The molecule has 0 radical (unpaired) electrons. The van der Waals surface area contributed by atoms with E-state index >= 15 is 0 Å². The van der Waals surface area contributed by atoms with E-state index in [-0.39, 0.29) is 25.2 Å². The molecule has 0 saturated heterocycles. The van der Waals surface area contributed by atoms with Crippen LogP contribution in [-0.2, 0) is 0 Å². The summed E-state index contributed by atoms with van der Waals surface area (Å²) in [6, 6.07) is 0. The first-order valence-electron chi connectivity index (χ1n) is 24.6. The summed E-state index contributed by atoms with van der Waals surface area (Å²) in [7, 11) is 0. The average molecular weight is 1000 g/mol. The maximum absolute atomic E-state index is 11.8. The second kappa shape index (κ2) is 43.9. The highest BCUT2D eigenvalue weighted by molar-refractivity contribution is 4.74. The smallest absolute Gasteiger partial charge is 0.171 e. The molecule has 0 aromatic carbocycles. The van der Waals surface area contributed by atoms with Crippen molar-refractivity contribution in [3.63, 3.8) is 0 Å². The zero-order valence-corrected chi connectivity index (χ0v) is 45.7. The molecular formula is C51H103F15. The summed E-state index contributed by atoms with van der Waals surface area (Å²) in [4.78, 5) is 0. The molecule has 0 aromatic rings. The molecule has 0 amide bonds. The highest BCUT2D eigenvalue weighted by Gasteiger charge is 2.55. The van der Waals surface area contributed by atoms with Crippen molar-refractivity contribution in [2.24, 2.45) is 46.3 Å². The molecule has 0 heterocycles. The van der Waals surface area contributed by atoms with Gasteiger partial charge in [-0.3, -0.25) is 0 Å². The first kappa shape index (κ1) is 81.9. The molecule has 15 heteroatoms. The van der Waals surface area contributed by atoms with Gasteiger partial charge >= 0.3 is 30.9 Å². The summed E-state index contributed by atoms with van der Waals surface area (Å²) >= 11 is 0. The van der Waals surface area contributed by atoms with E-state index in [1.165, 1.54) is 39.5 Å². The Hall–Kier alpha value is -1.05. The van der Waals surface area contributed by atoms with Crippen molar-refractivity contribution < 1.29 is 65.9 Å². The van der Waals surface area contributed by atoms with E-state index in [0.29, 0.717) is 30.1 Å². The lowest BCUT2D eigenvalue weighted by Crippen LogP contribution is -2.36. The van der Waals surface area contributed by atoms with E-state index in [1.54, 1.807) is 6.92 Å². The number of alkyl halides is 15. The summed E-state index contributed by atoms with van der Waals surface area (Å²) in [5.74, 6) is -1.88. The van der Waals surface area contributed by atoms with Crippen LogP contribution in [0.4, 0.5) is 65.9 Å². The predicted molar refractivity (Wildman–Crippen MR) is 254 cm³/mol. The third-order valence-electron chi connectivity index (χ3n) is 10.4. The molecular weight excluding hydrogens is 898 g/mol. The molecule has 0 rings (SSSR count). The summed E-state index contributed by atoms with van der Waals surface area (Å²) < 4.78 is 175. The Bertz CT molecular complexity index is 908. The van der Waals surface area contributed by atoms with Crippen LogP contribution in [0.5, 0.6) is 0 Å². The predicted octanol–water partition coefficient (Wildman–Crippen LogP) is 23.4. The third-order valence-corrected chi connectivity index (χ3v) is 10.4. The molecule has 0 unspecified atom stereocenters. The normalized spacial score (nSPS) is 13.1. The lowest BCUT2D eigenvalue weighted by atomic mass is 9.94. The number of hydrogen-bond acceptors (Lipinski definition) is 0. The van der Waals surface area contributed by atoms with Crippen LogP contribution in [0.2, 0.25) is 0 Å². The van der Waals surface area contributed by atoms with Gasteiger partial charge in [0.15, 0.2) is 5.92 Å². The Balaban J connectivity index is -0.0000000985. The second-order valence-electron chi connectivity index (χ2n) is 20.4. The second-order valence-corrected chi connectivity index (χ2v) is 20.4. The number of hydrogen-bond donors (Lipinski definition) is 0. The van der Waals surface area contributed by atoms with Crippen LogP contribution in [0.3, 0.4) is 0 Å². The van der Waals surface area contributed by atoms with Gasteiger partial charge in [0.2, 0.25) is 0 Å². The zero-order chi connectivity index (χ0) is 55.0. The molecule has 0 saturated carbocycles. The van der Waals surface area contributed by atoms with Crippen LogP contribution in [0.15, 0.2) is 0 Å². The van der Waals surface area contributed by atoms with Crippen molar-refractivity contribution in [2.75, 3.05) is 0 Å². The minimum Gasteiger partial charge on any atom is -0.171 e. The number of unbranched alkanes of at least 4 members (excludes halogenated alkanes) is 4. The Morgan fingerprint density at radius 1 is 0.348 bits per heavy atom.